The summed E-state index contributed by atoms with van der Waals surface area (Å²) in [5.74, 6) is 0.943. The summed E-state index contributed by atoms with van der Waals surface area (Å²) in [7, 11) is 0. The molecule has 0 saturated carbocycles. The molecular weight excluding hydrogens is 408 g/mol. The summed E-state index contributed by atoms with van der Waals surface area (Å²) in [6, 6.07) is 21.2. The number of para-hydroxylation sites is 2. The lowest BCUT2D eigenvalue weighted by atomic mass is 10.2. The summed E-state index contributed by atoms with van der Waals surface area (Å²) in [5, 5.41) is 4.32. The number of rotatable bonds is 5. The van der Waals surface area contributed by atoms with Crippen LogP contribution in [0, 0.1) is 11.6 Å². The average Bonchev–Trinajstić information content (AvgIpc) is 2.84. The second-order valence-electron chi connectivity index (χ2n) is 7.79. The van der Waals surface area contributed by atoms with Crippen LogP contribution in [0.1, 0.15) is 5.56 Å². The minimum Gasteiger partial charge on any atom is -0.366 e. The van der Waals surface area contributed by atoms with Crippen molar-refractivity contribution in [1.29, 1.82) is 0 Å². The van der Waals surface area contributed by atoms with Crippen molar-refractivity contribution in [3.05, 3.63) is 90.0 Å². The molecule has 4 aromatic rings. The fourth-order valence-corrected chi connectivity index (χ4v) is 3.98. The Kier molecular flexibility index (Phi) is 5.54. The summed E-state index contributed by atoms with van der Waals surface area (Å²) in [6.45, 7) is 3.31. The Morgan fingerprint density at radius 2 is 1.44 bits per heavy atom. The van der Waals surface area contributed by atoms with Gasteiger partial charge in [0, 0.05) is 38.1 Å². The highest BCUT2D eigenvalue weighted by Gasteiger charge is 2.22. The SMILES string of the molecule is Fc1ccc(CNc2nc(N3CCN(c4ccccc4F)CC3)nc3ccccc23)cc1. The number of anilines is 3. The van der Waals surface area contributed by atoms with Crippen molar-refractivity contribution in [2.75, 3.05) is 41.3 Å². The lowest BCUT2D eigenvalue weighted by molar-refractivity contribution is 0.594. The van der Waals surface area contributed by atoms with E-state index < -0.39 is 0 Å². The predicted octanol–water partition coefficient (Wildman–Crippen LogP) is 4.85. The lowest BCUT2D eigenvalue weighted by Crippen LogP contribution is -2.47. The van der Waals surface area contributed by atoms with Gasteiger partial charge < -0.3 is 15.1 Å². The molecule has 2 heterocycles. The topological polar surface area (TPSA) is 44.3 Å². The quantitative estimate of drug-likeness (QED) is 0.490. The third kappa shape index (κ3) is 4.19. The van der Waals surface area contributed by atoms with Crippen LogP contribution in [0.25, 0.3) is 10.9 Å². The fraction of sp³-hybridized carbons (Fsp3) is 0.200. The highest BCUT2D eigenvalue weighted by molar-refractivity contribution is 5.90. The maximum absolute atomic E-state index is 14.2. The van der Waals surface area contributed by atoms with E-state index >= 15 is 0 Å². The highest BCUT2D eigenvalue weighted by atomic mass is 19.1. The highest BCUT2D eigenvalue weighted by Crippen LogP contribution is 2.26. The Morgan fingerprint density at radius 1 is 0.750 bits per heavy atom. The number of nitrogens with one attached hydrogen (secondary N) is 1. The van der Waals surface area contributed by atoms with Gasteiger partial charge in [0.05, 0.1) is 11.2 Å². The zero-order chi connectivity index (χ0) is 21.9. The first kappa shape index (κ1) is 20.2. The van der Waals surface area contributed by atoms with Crippen LogP contribution in [0.5, 0.6) is 0 Å². The lowest BCUT2D eigenvalue weighted by Gasteiger charge is -2.36. The number of fused-ring (bicyclic) bond motifs is 1. The van der Waals surface area contributed by atoms with E-state index in [0.29, 0.717) is 44.4 Å². The third-order valence-electron chi connectivity index (χ3n) is 5.72. The Morgan fingerprint density at radius 3 is 2.22 bits per heavy atom. The minimum atomic E-state index is -0.252. The molecule has 0 radical (unpaired) electrons. The van der Waals surface area contributed by atoms with Crippen molar-refractivity contribution in [3.63, 3.8) is 0 Å². The fourth-order valence-electron chi connectivity index (χ4n) is 3.98. The van der Waals surface area contributed by atoms with Crippen LogP contribution >= 0.6 is 0 Å². The first-order valence-corrected chi connectivity index (χ1v) is 10.7. The predicted molar refractivity (Wildman–Crippen MR) is 124 cm³/mol. The van der Waals surface area contributed by atoms with Crippen molar-refractivity contribution < 1.29 is 8.78 Å². The maximum Gasteiger partial charge on any atom is 0.228 e. The van der Waals surface area contributed by atoms with Crippen LogP contribution in [0.4, 0.5) is 26.2 Å². The van der Waals surface area contributed by atoms with Crippen molar-refractivity contribution in [2.24, 2.45) is 0 Å². The van der Waals surface area contributed by atoms with Crippen LogP contribution in [0.3, 0.4) is 0 Å². The molecule has 0 amide bonds. The molecule has 0 aliphatic carbocycles. The molecule has 0 unspecified atom stereocenters. The molecule has 1 fully saturated rings. The molecule has 1 N–H and O–H groups in total. The second kappa shape index (κ2) is 8.78. The molecule has 1 aliphatic rings. The summed E-state index contributed by atoms with van der Waals surface area (Å²) in [4.78, 5) is 13.8. The van der Waals surface area contributed by atoms with Gasteiger partial charge >= 0.3 is 0 Å². The molecule has 7 heteroatoms. The molecule has 162 valence electrons. The van der Waals surface area contributed by atoms with E-state index in [0.717, 1.165) is 22.3 Å². The number of nitrogens with zero attached hydrogens (tertiary/aromatic N) is 4. The van der Waals surface area contributed by atoms with E-state index in [-0.39, 0.29) is 11.6 Å². The summed E-state index contributed by atoms with van der Waals surface area (Å²) in [6.07, 6.45) is 0. The zero-order valence-electron chi connectivity index (χ0n) is 17.5. The first-order chi connectivity index (χ1) is 15.7. The smallest absolute Gasteiger partial charge is 0.228 e. The van der Waals surface area contributed by atoms with Gasteiger partial charge in [0.1, 0.15) is 17.5 Å². The summed E-state index contributed by atoms with van der Waals surface area (Å²) in [5.41, 5.74) is 2.46. The van der Waals surface area contributed by atoms with Crippen molar-refractivity contribution in [2.45, 2.75) is 6.54 Å². The molecule has 0 bridgehead atoms. The van der Waals surface area contributed by atoms with E-state index in [9.17, 15) is 8.78 Å². The number of benzene rings is 3. The Labute approximate surface area is 185 Å². The van der Waals surface area contributed by atoms with Crippen LogP contribution in [0.2, 0.25) is 0 Å². The van der Waals surface area contributed by atoms with Gasteiger partial charge in [0.2, 0.25) is 5.95 Å². The van der Waals surface area contributed by atoms with E-state index in [1.165, 1.54) is 18.2 Å². The monoisotopic (exact) mass is 431 g/mol. The number of hydrogen-bond acceptors (Lipinski definition) is 5. The van der Waals surface area contributed by atoms with E-state index in [1.54, 1.807) is 18.2 Å². The van der Waals surface area contributed by atoms with Crippen molar-refractivity contribution in [3.8, 4) is 0 Å². The van der Waals surface area contributed by atoms with E-state index in [2.05, 4.69) is 15.1 Å². The van der Waals surface area contributed by atoms with E-state index in [1.807, 2.05) is 36.4 Å². The largest absolute Gasteiger partial charge is 0.366 e. The number of piperazine rings is 1. The molecule has 5 rings (SSSR count). The molecular formula is C25H23F2N5. The van der Waals surface area contributed by atoms with Gasteiger partial charge in [-0.25, -0.2) is 13.8 Å². The molecule has 1 aromatic heterocycles. The van der Waals surface area contributed by atoms with Gasteiger partial charge in [-0.3, -0.25) is 0 Å². The van der Waals surface area contributed by atoms with Crippen LogP contribution in [-0.4, -0.2) is 36.1 Å². The Bertz CT molecular complexity index is 1220. The number of aromatic nitrogens is 2. The van der Waals surface area contributed by atoms with Crippen LogP contribution in [0.15, 0.2) is 72.8 Å². The second-order valence-corrected chi connectivity index (χ2v) is 7.79. The number of halogens is 2. The molecule has 1 saturated heterocycles. The van der Waals surface area contributed by atoms with Crippen LogP contribution < -0.4 is 15.1 Å². The molecule has 0 spiro atoms. The van der Waals surface area contributed by atoms with Crippen molar-refractivity contribution in [1.82, 2.24) is 9.97 Å². The first-order valence-electron chi connectivity index (χ1n) is 10.7. The van der Waals surface area contributed by atoms with Gasteiger partial charge in [0.15, 0.2) is 0 Å². The van der Waals surface area contributed by atoms with Gasteiger partial charge in [-0.05, 0) is 42.0 Å². The number of hydrogen-bond donors (Lipinski definition) is 1. The average molecular weight is 431 g/mol. The molecule has 5 nitrogen and oxygen atoms in total. The third-order valence-corrected chi connectivity index (χ3v) is 5.72. The Hall–Kier alpha value is -3.74. The zero-order valence-corrected chi connectivity index (χ0v) is 17.5. The molecule has 32 heavy (non-hydrogen) atoms. The van der Waals surface area contributed by atoms with Crippen LogP contribution in [-0.2, 0) is 6.54 Å². The molecule has 3 aromatic carbocycles. The summed E-state index contributed by atoms with van der Waals surface area (Å²) < 4.78 is 27.4. The Balaban J connectivity index is 1.36. The maximum atomic E-state index is 14.2. The summed E-state index contributed by atoms with van der Waals surface area (Å²) >= 11 is 0. The molecule has 0 atom stereocenters. The van der Waals surface area contributed by atoms with Gasteiger partial charge in [-0.15, -0.1) is 0 Å². The van der Waals surface area contributed by atoms with Gasteiger partial charge in [-0.1, -0.05) is 36.4 Å². The van der Waals surface area contributed by atoms with Crippen molar-refractivity contribution >= 4 is 28.4 Å². The van der Waals surface area contributed by atoms with Gasteiger partial charge in [0.25, 0.3) is 0 Å². The normalized spacial score (nSPS) is 14.1. The van der Waals surface area contributed by atoms with E-state index in [4.69, 9.17) is 9.97 Å². The molecule has 1 aliphatic heterocycles. The standard InChI is InChI=1S/C25H23F2N5/c26-19-11-9-18(10-12-19)17-28-24-20-5-1-3-7-22(20)29-25(30-24)32-15-13-31(14-16-32)23-8-4-2-6-21(23)27/h1-12H,13-17H2,(H,28,29,30). The van der Waals surface area contributed by atoms with Gasteiger partial charge in [-0.2, -0.15) is 4.98 Å². The minimum absolute atomic E-state index is 0.199.